The Balaban J connectivity index is 2.51. The minimum absolute atomic E-state index is 0.143. The van der Waals surface area contributed by atoms with E-state index >= 15 is 0 Å². The molecule has 0 spiro atoms. The number of ether oxygens (including phenoxy) is 1. The number of nitrogens with zero attached hydrogens (tertiary/aromatic N) is 2. The van der Waals surface area contributed by atoms with Gasteiger partial charge in [0.05, 0.1) is 19.0 Å². The van der Waals surface area contributed by atoms with Crippen LogP contribution in [0, 0.1) is 5.41 Å². The minimum Gasteiger partial charge on any atom is -0.477 e. The van der Waals surface area contributed by atoms with Gasteiger partial charge in [-0.2, -0.15) is 4.98 Å². The smallest absolute Gasteiger partial charge is 0.234 e. The molecule has 0 aromatic carbocycles. The van der Waals surface area contributed by atoms with Crippen molar-refractivity contribution in [2.45, 2.75) is 33.6 Å². The lowest BCUT2D eigenvalue weighted by molar-refractivity contribution is 0.304. The van der Waals surface area contributed by atoms with E-state index in [0.717, 1.165) is 25.2 Å². The predicted octanol–water partition coefficient (Wildman–Crippen LogP) is 3.33. The van der Waals surface area contributed by atoms with Gasteiger partial charge in [-0.25, -0.2) is 0 Å². The maximum Gasteiger partial charge on any atom is 0.234 e. The van der Waals surface area contributed by atoms with Crippen molar-refractivity contribution >= 4 is 17.4 Å². The molecule has 0 unspecified atom stereocenters. The summed E-state index contributed by atoms with van der Waals surface area (Å²) in [5, 5.41) is 3.27. The number of aromatic nitrogens is 2. The fourth-order valence-corrected chi connectivity index (χ4v) is 1.90. The van der Waals surface area contributed by atoms with Crippen molar-refractivity contribution in [1.82, 2.24) is 9.97 Å². The van der Waals surface area contributed by atoms with Crippen LogP contribution in [0.15, 0.2) is 12.4 Å². The zero-order valence-electron chi connectivity index (χ0n) is 11.4. The second kappa shape index (κ2) is 7.41. The molecule has 0 bridgehead atoms. The molecule has 0 fully saturated rings. The van der Waals surface area contributed by atoms with Gasteiger partial charge in [-0.1, -0.05) is 20.8 Å². The monoisotopic (exact) mass is 271 g/mol. The molecule has 0 saturated carbocycles. The molecule has 0 amide bonds. The third-order valence-electron chi connectivity index (χ3n) is 2.59. The van der Waals surface area contributed by atoms with Crippen LogP contribution in [-0.4, -0.2) is 29.0 Å². The molecule has 1 aromatic rings. The number of anilines is 1. The molecule has 1 N–H and O–H groups in total. The van der Waals surface area contributed by atoms with Crippen LogP contribution in [0.1, 0.15) is 33.6 Å². The zero-order chi connectivity index (χ0) is 13.4. The number of nitrogens with one attached hydrogen (secondary N) is 1. The summed E-state index contributed by atoms with van der Waals surface area (Å²) >= 11 is 5.77. The lowest BCUT2D eigenvalue weighted by Crippen LogP contribution is -2.24. The quantitative estimate of drug-likeness (QED) is 0.737. The van der Waals surface area contributed by atoms with Crippen molar-refractivity contribution in [3.63, 3.8) is 0 Å². The molecule has 0 radical (unpaired) electrons. The Morgan fingerprint density at radius 1 is 1.39 bits per heavy atom. The number of hydrogen-bond donors (Lipinski definition) is 1. The highest BCUT2D eigenvalue weighted by Gasteiger charge is 2.16. The van der Waals surface area contributed by atoms with Gasteiger partial charge in [-0.05, 0) is 18.3 Å². The van der Waals surface area contributed by atoms with Gasteiger partial charge in [0, 0.05) is 12.4 Å². The summed E-state index contributed by atoms with van der Waals surface area (Å²) in [5.74, 6) is 1.98. The van der Waals surface area contributed by atoms with E-state index < -0.39 is 0 Å². The lowest BCUT2D eigenvalue weighted by Gasteiger charge is -2.24. The van der Waals surface area contributed by atoms with Gasteiger partial charge in [0.25, 0.3) is 0 Å². The Labute approximate surface area is 114 Å². The molecule has 0 saturated heterocycles. The number of hydrogen-bond acceptors (Lipinski definition) is 4. The summed E-state index contributed by atoms with van der Waals surface area (Å²) in [6.07, 6.45) is 5.25. The normalized spacial score (nSPS) is 11.3. The average molecular weight is 272 g/mol. The molecule has 0 atom stereocenters. The molecule has 102 valence electrons. The van der Waals surface area contributed by atoms with Crippen molar-refractivity contribution in [1.29, 1.82) is 0 Å². The maximum absolute atomic E-state index is 5.77. The van der Waals surface area contributed by atoms with Crippen LogP contribution in [0.25, 0.3) is 0 Å². The molecule has 4 nitrogen and oxygen atoms in total. The first-order valence-corrected chi connectivity index (χ1v) is 6.85. The third-order valence-corrected chi connectivity index (χ3v) is 2.77. The van der Waals surface area contributed by atoms with Crippen molar-refractivity contribution in [3.05, 3.63) is 12.4 Å². The molecule has 1 heterocycles. The molecule has 1 aromatic heterocycles. The Hall–Kier alpha value is -1.03. The van der Waals surface area contributed by atoms with Crippen LogP contribution in [0.3, 0.4) is 0 Å². The van der Waals surface area contributed by atoms with Gasteiger partial charge in [0.2, 0.25) is 5.88 Å². The van der Waals surface area contributed by atoms with Gasteiger partial charge < -0.3 is 10.1 Å². The Bertz CT molecular complexity index is 358. The molecule has 18 heavy (non-hydrogen) atoms. The van der Waals surface area contributed by atoms with E-state index in [9.17, 15) is 0 Å². The summed E-state index contributed by atoms with van der Waals surface area (Å²) in [4.78, 5) is 8.45. The van der Waals surface area contributed by atoms with Crippen molar-refractivity contribution in [2.24, 2.45) is 5.41 Å². The van der Waals surface area contributed by atoms with Gasteiger partial charge in [-0.15, -0.1) is 11.6 Å². The number of alkyl halides is 1. The Morgan fingerprint density at radius 2 is 2.17 bits per heavy atom. The molecule has 0 aliphatic rings. The molecular weight excluding hydrogens is 250 g/mol. The highest BCUT2D eigenvalue weighted by Crippen LogP contribution is 2.21. The fourth-order valence-electron chi connectivity index (χ4n) is 1.38. The lowest BCUT2D eigenvalue weighted by atomic mass is 9.90. The van der Waals surface area contributed by atoms with E-state index in [4.69, 9.17) is 16.3 Å². The Kier molecular flexibility index (Phi) is 6.19. The Morgan fingerprint density at radius 3 is 2.83 bits per heavy atom. The van der Waals surface area contributed by atoms with E-state index in [1.165, 1.54) is 0 Å². The average Bonchev–Trinajstić information content (AvgIpc) is 2.35. The number of halogens is 1. The van der Waals surface area contributed by atoms with Crippen LogP contribution >= 0.6 is 11.6 Å². The van der Waals surface area contributed by atoms with Crippen LogP contribution in [0.5, 0.6) is 5.88 Å². The molecule has 0 aliphatic heterocycles. The summed E-state index contributed by atoms with van der Waals surface area (Å²) in [6, 6.07) is 0. The maximum atomic E-state index is 5.77. The van der Waals surface area contributed by atoms with Crippen LogP contribution in [-0.2, 0) is 0 Å². The second-order valence-corrected chi connectivity index (χ2v) is 5.43. The standard InChI is InChI=1S/C13H22ClN3O/c1-4-7-18-12-9-15-8-11(17-12)16-10-13(2,3)5-6-14/h8-9H,4-7,10H2,1-3H3,(H,16,17). The zero-order valence-corrected chi connectivity index (χ0v) is 12.1. The summed E-state index contributed by atoms with van der Waals surface area (Å²) in [7, 11) is 0. The van der Waals surface area contributed by atoms with Gasteiger partial charge >= 0.3 is 0 Å². The largest absolute Gasteiger partial charge is 0.477 e. The highest BCUT2D eigenvalue weighted by atomic mass is 35.5. The van der Waals surface area contributed by atoms with Crippen molar-refractivity contribution < 1.29 is 4.74 Å². The summed E-state index contributed by atoms with van der Waals surface area (Å²) < 4.78 is 5.44. The topological polar surface area (TPSA) is 47.0 Å². The molecule has 0 aliphatic carbocycles. The third kappa shape index (κ3) is 5.54. The van der Waals surface area contributed by atoms with E-state index in [0.29, 0.717) is 18.4 Å². The minimum atomic E-state index is 0.143. The first-order chi connectivity index (χ1) is 8.57. The summed E-state index contributed by atoms with van der Waals surface area (Å²) in [5.41, 5.74) is 0.143. The predicted molar refractivity (Wildman–Crippen MR) is 75.4 cm³/mol. The van der Waals surface area contributed by atoms with Gasteiger partial charge in [-0.3, -0.25) is 4.98 Å². The molecular formula is C13H22ClN3O. The van der Waals surface area contributed by atoms with Crippen molar-refractivity contribution in [3.8, 4) is 5.88 Å². The highest BCUT2D eigenvalue weighted by molar-refractivity contribution is 6.17. The van der Waals surface area contributed by atoms with Crippen LogP contribution < -0.4 is 10.1 Å². The van der Waals surface area contributed by atoms with E-state index in [1.54, 1.807) is 12.4 Å². The second-order valence-electron chi connectivity index (χ2n) is 5.05. The van der Waals surface area contributed by atoms with Crippen LogP contribution in [0.2, 0.25) is 0 Å². The summed E-state index contributed by atoms with van der Waals surface area (Å²) in [6.45, 7) is 7.88. The van der Waals surface area contributed by atoms with Gasteiger partial charge in [0.1, 0.15) is 5.82 Å². The first kappa shape index (κ1) is 15.0. The van der Waals surface area contributed by atoms with Gasteiger partial charge in [0.15, 0.2) is 0 Å². The fraction of sp³-hybridized carbons (Fsp3) is 0.692. The number of rotatable bonds is 8. The van der Waals surface area contributed by atoms with Crippen molar-refractivity contribution in [2.75, 3.05) is 24.3 Å². The first-order valence-electron chi connectivity index (χ1n) is 6.32. The molecule has 1 rings (SSSR count). The molecule has 5 heteroatoms. The van der Waals surface area contributed by atoms with E-state index in [2.05, 4.69) is 36.1 Å². The van der Waals surface area contributed by atoms with E-state index in [1.807, 2.05) is 0 Å². The van der Waals surface area contributed by atoms with E-state index in [-0.39, 0.29) is 5.41 Å². The SMILES string of the molecule is CCCOc1cncc(NCC(C)(C)CCCl)n1. The van der Waals surface area contributed by atoms with Crippen LogP contribution in [0.4, 0.5) is 5.82 Å².